The third kappa shape index (κ3) is 3.41. The van der Waals surface area contributed by atoms with Gasteiger partial charge in [-0.15, -0.1) is 11.3 Å². The van der Waals surface area contributed by atoms with Gasteiger partial charge in [-0.2, -0.15) is 0 Å². The molecule has 2 heterocycles. The van der Waals surface area contributed by atoms with E-state index < -0.39 is 6.09 Å². The third-order valence-electron chi connectivity index (χ3n) is 4.24. The minimum atomic E-state index is -0.988. The number of amides is 2. The molecule has 2 atom stereocenters. The van der Waals surface area contributed by atoms with Crippen molar-refractivity contribution in [1.29, 1.82) is 0 Å². The largest absolute Gasteiger partial charge is 0.465 e. The minimum absolute atomic E-state index is 0.0165. The highest BCUT2D eigenvalue weighted by molar-refractivity contribution is 7.14. The van der Waals surface area contributed by atoms with Crippen molar-refractivity contribution in [3.8, 4) is 0 Å². The average molecular weight is 324 g/mol. The maximum Gasteiger partial charge on any atom is 0.404 e. The Morgan fingerprint density at radius 2 is 2.05 bits per heavy atom. The molecule has 1 aromatic rings. The van der Waals surface area contributed by atoms with Gasteiger partial charge in [0.25, 0.3) is 5.91 Å². The van der Waals surface area contributed by atoms with Crippen molar-refractivity contribution in [2.45, 2.75) is 44.2 Å². The van der Waals surface area contributed by atoms with Gasteiger partial charge in [-0.05, 0) is 37.8 Å². The number of nitrogens with one attached hydrogen (secondary N) is 2. The monoisotopic (exact) mass is 324 g/mol. The van der Waals surface area contributed by atoms with Crippen molar-refractivity contribution in [2.75, 3.05) is 13.2 Å². The van der Waals surface area contributed by atoms with E-state index in [2.05, 4.69) is 10.6 Å². The zero-order chi connectivity index (χ0) is 15.7. The molecule has 3 rings (SSSR count). The van der Waals surface area contributed by atoms with Crippen LogP contribution in [0.4, 0.5) is 4.79 Å². The third-order valence-corrected chi connectivity index (χ3v) is 5.30. The van der Waals surface area contributed by atoms with E-state index in [0.717, 1.165) is 29.7 Å². The quantitative estimate of drug-likeness (QED) is 0.791. The number of rotatable bonds is 4. The molecule has 2 amide bonds. The summed E-state index contributed by atoms with van der Waals surface area (Å²) in [4.78, 5) is 24.8. The summed E-state index contributed by atoms with van der Waals surface area (Å²) >= 11 is 1.48. The first-order valence-corrected chi connectivity index (χ1v) is 8.34. The van der Waals surface area contributed by atoms with Gasteiger partial charge in [-0.1, -0.05) is 0 Å². The first kappa shape index (κ1) is 15.3. The zero-order valence-corrected chi connectivity index (χ0v) is 13.2. The molecule has 1 aliphatic heterocycles. The Labute approximate surface area is 132 Å². The van der Waals surface area contributed by atoms with Crippen LogP contribution in [0.25, 0.3) is 0 Å². The second-order valence-electron chi connectivity index (χ2n) is 5.88. The lowest BCUT2D eigenvalue weighted by molar-refractivity contribution is 0.0698. The second kappa shape index (κ2) is 6.26. The van der Waals surface area contributed by atoms with E-state index in [1.807, 2.05) is 13.0 Å². The summed E-state index contributed by atoms with van der Waals surface area (Å²) in [6.07, 6.45) is 1.54. The molecule has 3 N–H and O–H groups in total. The summed E-state index contributed by atoms with van der Waals surface area (Å²) in [5, 5.41) is 14.3. The standard InChI is InChI=1S/C15H20N2O4S/c1-8-10(11-6-12(11)17-15(19)20)7-13(22-8)14(18)16-9-2-4-21-5-3-9/h7,9,11-12,17H,2-6H2,1H3,(H,16,18)(H,19,20)/t11-,12+/m0/s1. The summed E-state index contributed by atoms with van der Waals surface area (Å²) in [6, 6.07) is 2.09. The lowest BCUT2D eigenvalue weighted by Gasteiger charge is -2.22. The molecule has 2 fully saturated rings. The lowest BCUT2D eigenvalue weighted by Crippen LogP contribution is -2.38. The topological polar surface area (TPSA) is 87.7 Å². The first-order valence-electron chi connectivity index (χ1n) is 7.53. The molecule has 1 aromatic heterocycles. The Kier molecular flexibility index (Phi) is 4.35. The smallest absolute Gasteiger partial charge is 0.404 e. The summed E-state index contributed by atoms with van der Waals surface area (Å²) in [5.41, 5.74) is 1.10. The molecule has 1 saturated heterocycles. The van der Waals surface area contributed by atoms with Crippen molar-refractivity contribution < 1.29 is 19.4 Å². The van der Waals surface area contributed by atoms with E-state index in [9.17, 15) is 9.59 Å². The molecule has 1 saturated carbocycles. The van der Waals surface area contributed by atoms with E-state index in [1.165, 1.54) is 11.3 Å². The van der Waals surface area contributed by atoms with Crippen LogP contribution in [0.3, 0.4) is 0 Å². The molecule has 0 spiro atoms. The molecule has 0 radical (unpaired) electrons. The van der Waals surface area contributed by atoms with Crippen molar-refractivity contribution in [1.82, 2.24) is 10.6 Å². The molecule has 22 heavy (non-hydrogen) atoms. The fourth-order valence-corrected chi connectivity index (χ4v) is 3.93. The molecule has 7 heteroatoms. The Bertz CT molecular complexity index is 580. The molecule has 0 aromatic carbocycles. The predicted molar refractivity (Wildman–Crippen MR) is 82.7 cm³/mol. The average Bonchev–Trinajstić information content (AvgIpc) is 3.10. The number of ether oxygens (including phenoxy) is 1. The normalized spacial score (nSPS) is 24.8. The number of carbonyl (C=O) groups is 2. The van der Waals surface area contributed by atoms with Gasteiger partial charge in [-0.3, -0.25) is 4.79 Å². The summed E-state index contributed by atoms with van der Waals surface area (Å²) < 4.78 is 5.29. The summed E-state index contributed by atoms with van der Waals surface area (Å²) in [6.45, 7) is 3.38. The Morgan fingerprint density at radius 1 is 1.32 bits per heavy atom. The van der Waals surface area contributed by atoms with Crippen LogP contribution in [0.15, 0.2) is 6.07 Å². The molecule has 0 unspecified atom stereocenters. The fourth-order valence-electron chi connectivity index (χ4n) is 2.93. The number of hydrogen-bond acceptors (Lipinski definition) is 4. The Morgan fingerprint density at radius 3 is 2.73 bits per heavy atom. The zero-order valence-electron chi connectivity index (χ0n) is 12.4. The minimum Gasteiger partial charge on any atom is -0.465 e. The number of hydrogen-bond donors (Lipinski definition) is 3. The number of thiophene rings is 1. The number of carbonyl (C=O) groups excluding carboxylic acids is 1. The highest BCUT2D eigenvalue weighted by atomic mass is 32.1. The molecular weight excluding hydrogens is 304 g/mol. The Balaban J connectivity index is 1.62. The van der Waals surface area contributed by atoms with Crippen molar-refractivity contribution in [2.24, 2.45) is 0 Å². The van der Waals surface area contributed by atoms with E-state index in [0.29, 0.717) is 18.1 Å². The first-order chi connectivity index (χ1) is 10.5. The van der Waals surface area contributed by atoms with E-state index in [1.54, 1.807) is 0 Å². The Hall–Kier alpha value is -1.60. The van der Waals surface area contributed by atoms with Gasteiger partial charge in [0.15, 0.2) is 0 Å². The van der Waals surface area contributed by atoms with E-state index >= 15 is 0 Å². The van der Waals surface area contributed by atoms with Gasteiger partial charge in [0.2, 0.25) is 0 Å². The van der Waals surface area contributed by atoms with Crippen LogP contribution in [0.5, 0.6) is 0 Å². The van der Waals surface area contributed by atoms with Gasteiger partial charge < -0.3 is 20.5 Å². The number of carboxylic acid groups (broad SMARTS) is 1. The van der Waals surface area contributed by atoms with Crippen molar-refractivity contribution in [3.05, 3.63) is 21.4 Å². The highest BCUT2D eigenvalue weighted by Gasteiger charge is 2.41. The van der Waals surface area contributed by atoms with Gasteiger partial charge in [0, 0.05) is 36.1 Å². The van der Waals surface area contributed by atoms with Gasteiger partial charge in [0.05, 0.1) is 4.88 Å². The SMILES string of the molecule is Cc1sc(C(=O)NC2CCOCC2)cc1[C@@H]1C[C@H]1NC(=O)O. The van der Waals surface area contributed by atoms with Crippen molar-refractivity contribution in [3.63, 3.8) is 0 Å². The van der Waals surface area contributed by atoms with Crippen LogP contribution in [0, 0.1) is 6.92 Å². The van der Waals surface area contributed by atoms with Crippen LogP contribution in [0.1, 0.15) is 45.3 Å². The summed E-state index contributed by atoms with van der Waals surface area (Å²) in [7, 11) is 0. The van der Waals surface area contributed by atoms with Crippen LogP contribution in [0.2, 0.25) is 0 Å². The summed E-state index contributed by atoms with van der Waals surface area (Å²) in [5.74, 6) is 0.173. The van der Waals surface area contributed by atoms with Gasteiger partial charge >= 0.3 is 6.09 Å². The molecule has 2 aliphatic rings. The van der Waals surface area contributed by atoms with Gasteiger partial charge in [0.1, 0.15) is 0 Å². The van der Waals surface area contributed by atoms with Crippen LogP contribution in [-0.2, 0) is 4.74 Å². The van der Waals surface area contributed by atoms with Crippen LogP contribution < -0.4 is 10.6 Å². The molecule has 120 valence electrons. The molecule has 6 nitrogen and oxygen atoms in total. The second-order valence-corrected chi connectivity index (χ2v) is 7.14. The maximum atomic E-state index is 12.3. The molecule has 1 aliphatic carbocycles. The highest BCUT2D eigenvalue weighted by Crippen LogP contribution is 2.44. The molecule has 0 bridgehead atoms. The van der Waals surface area contributed by atoms with E-state index in [4.69, 9.17) is 9.84 Å². The van der Waals surface area contributed by atoms with Gasteiger partial charge in [-0.25, -0.2) is 4.79 Å². The number of aryl methyl sites for hydroxylation is 1. The molecular formula is C15H20N2O4S. The predicted octanol–water partition coefficient (Wildman–Crippen LogP) is 2.09. The fraction of sp³-hybridized carbons (Fsp3) is 0.600. The van der Waals surface area contributed by atoms with Crippen molar-refractivity contribution >= 4 is 23.3 Å². The lowest BCUT2D eigenvalue weighted by atomic mass is 10.1. The van der Waals surface area contributed by atoms with Crippen LogP contribution >= 0.6 is 11.3 Å². The maximum absolute atomic E-state index is 12.3. The van der Waals surface area contributed by atoms with Crippen LogP contribution in [-0.4, -0.2) is 42.4 Å². The van der Waals surface area contributed by atoms with E-state index in [-0.39, 0.29) is 23.9 Å².